The van der Waals surface area contributed by atoms with E-state index in [0.29, 0.717) is 38.0 Å². The number of carbonyl (C=O) groups excluding carboxylic acids is 2. The molecule has 0 aliphatic rings. The van der Waals surface area contributed by atoms with Gasteiger partial charge in [-0.05, 0) is 50.6 Å². The van der Waals surface area contributed by atoms with Gasteiger partial charge in [0.1, 0.15) is 34.3 Å². The van der Waals surface area contributed by atoms with Gasteiger partial charge in [0.05, 0.1) is 41.8 Å². The van der Waals surface area contributed by atoms with Crippen molar-refractivity contribution in [2.24, 2.45) is 0 Å². The van der Waals surface area contributed by atoms with E-state index in [4.69, 9.17) is 14.2 Å². The Labute approximate surface area is 254 Å². The summed E-state index contributed by atoms with van der Waals surface area (Å²) in [4.78, 5) is 46.5. The van der Waals surface area contributed by atoms with Crippen LogP contribution in [0.2, 0.25) is 0 Å². The third kappa shape index (κ3) is 7.30. The maximum absolute atomic E-state index is 14.8. The summed E-state index contributed by atoms with van der Waals surface area (Å²) >= 11 is 1.25. The molecule has 0 bridgehead atoms. The standard InChI is InChI=1S/C29H28FN7O6S/c1-15-9-17(23-20(10-15)35-22(41-4)13-32-23)26-36-21-11-18(30)25(37-27(21)44-26)42-7-8-43-28(39)34-16-5-6-19(31-12-16)24(38)33-14-29(2,3)40/h5-6,9-13,40H,7-8,14H2,1-4H3,(H,33,38)(H,34,39). The van der Waals surface area contributed by atoms with E-state index in [9.17, 15) is 19.1 Å². The van der Waals surface area contributed by atoms with E-state index in [0.717, 1.165) is 11.1 Å². The van der Waals surface area contributed by atoms with E-state index < -0.39 is 23.4 Å². The van der Waals surface area contributed by atoms with Crippen LogP contribution in [-0.4, -0.2) is 74.5 Å². The van der Waals surface area contributed by atoms with Crippen LogP contribution >= 0.6 is 11.3 Å². The van der Waals surface area contributed by atoms with Crippen LogP contribution in [0.5, 0.6) is 11.8 Å². The number of methoxy groups -OCH3 is 1. The number of aliphatic hydroxyl groups is 1. The van der Waals surface area contributed by atoms with Crippen molar-refractivity contribution in [3.8, 4) is 22.3 Å². The fourth-order valence-corrected chi connectivity index (χ4v) is 4.90. The number of halogens is 1. The molecule has 5 aromatic rings. The Balaban J connectivity index is 1.17. The molecule has 0 radical (unpaired) electrons. The number of nitrogens with one attached hydrogen (secondary N) is 2. The van der Waals surface area contributed by atoms with Crippen LogP contribution in [0.4, 0.5) is 14.9 Å². The minimum Gasteiger partial charge on any atom is -0.480 e. The highest BCUT2D eigenvalue weighted by Crippen LogP contribution is 2.35. The zero-order valence-electron chi connectivity index (χ0n) is 24.2. The monoisotopic (exact) mass is 621 g/mol. The number of aryl methyl sites for hydroxylation is 1. The predicted molar refractivity (Wildman–Crippen MR) is 161 cm³/mol. The number of ether oxygens (including phenoxy) is 3. The highest BCUT2D eigenvalue weighted by molar-refractivity contribution is 7.21. The molecule has 5 rings (SSSR count). The lowest BCUT2D eigenvalue weighted by Gasteiger charge is -2.17. The number of hydrogen-bond donors (Lipinski definition) is 3. The second-order valence-electron chi connectivity index (χ2n) is 10.2. The summed E-state index contributed by atoms with van der Waals surface area (Å²) in [5.41, 5.74) is 2.65. The largest absolute Gasteiger partial charge is 0.480 e. The highest BCUT2D eigenvalue weighted by atomic mass is 32.1. The Morgan fingerprint density at radius 1 is 1.05 bits per heavy atom. The van der Waals surface area contributed by atoms with Crippen LogP contribution in [0.3, 0.4) is 0 Å². The van der Waals surface area contributed by atoms with Crippen molar-refractivity contribution in [2.45, 2.75) is 26.4 Å². The zero-order chi connectivity index (χ0) is 31.4. The number of anilines is 1. The number of nitrogens with zero attached hydrogens (tertiary/aromatic N) is 5. The first-order chi connectivity index (χ1) is 21.0. The molecule has 0 unspecified atom stereocenters. The molecule has 0 fully saturated rings. The lowest BCUT2D eigenvalue weighted by molar-refractivity contribution is 0.0692. The third-order valence-electron chi connectivity index (χ3n) is 5.99. The van der Waals surface area contributed by atoms with Gasteiger partial charge in [-0.15, -0.1) is 0 Å². The molecule has 13 nitrogen and oxygen atoms in total. The average Bonchev–Trinajstić information content (AvgIpc) is 3.39. The minimum absolute atomic E-state index is 0.0528. The Morgan fingerprint density at radius 3 is 2.59 bits per heavy atom. The molecule has 4 heterocycles. The van der Waals surface area contributed by atoms with Crippen LogP contribution < -0.4 is 20.1 Å². The van der Waals surface area contributed by atoms with Crippen LogP contribution in [0.1, 0.15) is 29.9 Å². The van der Waals surface area contributed by atoms with E-state index >= 15 is 0 Å². The molecule has 0 spiro atoms. The lowest BCUT2D eigenvalue weighted by Crippen LogP contribution is -2.38. The normalized spacial score (nSPS) is 11.4. The van der Waals surface area contributed by atoms with Crippen LogP contribution in [0.25, 0.3) is 32.0 Å². The van der Waals surface area contributed by atoms with Crippen molar-refractivity contribution in [3.63, 3.8) is 0 Å². The van der Waals surface area contributed by atoms with E-state index in [1.165, 1.54) is 49.0 Å². The Kier molecular flexibility index (Phi) is 8.78. The zero-order valence-corrected chi connectivity index (χ0v) is 25.0. The van der Waals surface area contributed by atoms with Gasteiger partial charge in [-0.3, -0.25) is 10.1 Å². The van der Waals surface area contributed by atoms with Crippen molar-refractivity contribution in [2.75, 3.05) is 32.2 Å². The maximum Gasteiger partial charge on any atom is 0.411 e. The number of aromatic nitrogens is 5. The minimum atomic E-state index is -1.06. The summed E-state index contributed by atoms with van der Waals surface area (Å²) in [5.74, 6) is -1.04. The van der Waals surface area contributed by atoms with Gasteiger partial charge in [0.25, 0.3) is 11.8 Å². The van der Waals surface area contributed by atoms with E-state index in [1.807, 2.05) is 19.1 Å². The maximum atomic E-state index is 14.8. The summed E-state index contributed by atoms with van der Waals surface area (Å²) in [6.45, 7) is 4.76. The Hall–Kier alpha value is -5.02. The number of fused-ring (bicyclic) bond motifs is 2. The first-order valence-corrected chi connectivity index (χ1v) is 14.1. The number of carbonyl (C=O) groups is 2. The lowest BCUT2D eigenvalue weighted by atomic mass is 10.1. The predicted octanol–water partition coefficient (Wildman–Crippen LogP) is 4.28. The topological polar surface area (TPSA) is 171 Å². The summed E-state index contributed by atoms with van der Waals surface area (Å²) in [6.07, 6.45) is 2.02. The Morgan fingerprint density at radius 2 is 1.86 bits per heavy atom. The first-order valence-electron chi connectivity index (χ1n) is 13.3. The summed E-state index contributed by atoms with van der Waals surface area (Å²) in [5, 5.41) is 15.3. The molecule has 4 aromatic heterocycles. The molecule has 2 amide bonds. The van der Waals surface area contributed by atoms with Crippen molar-refractivity contribution >= 4 is 50.4 Å². The molecular formula is C29H28FN7O6S. The molecule has 15 heteroatoms. The molecule has 228 valence electrons. The quantitative estimate of drug-likeness (QED) is 0.190. The van der Waals surface area contributed by atoms with Gasteiger partial charge in [0.15, 0.2) is 5.82 Å². The van der Waals surface area contributed by atoms with E-state index in [-0.39, 0.29) is 31.3 Å². The van der Waals surface area contributed by atoms with Gasteiger partial charge < -0.3 is 24.6 Å². The third-order valence-corrected chi connectivity index (χ3v) is 6.99. The number of pyridine rings is 2. The number of amides is 2. The molecule has 44 heavy (non-hydrogen) atoms. The summed E-state index contributed by atoms with van der Waals surface area (Å²) in [6, 6.07) is 7.95. The molecule has 0 saturated carbocycles. The van der Waals surface area contributed by atoms with Crippen molar-refractivity contribution in [3.05, 3.63) is 59.8 Å². The second-order valence-corrected chi connectivity index (χ2v) is 11.2. The van der Waals surface area contributed by atoms with E-state index in [2.05, 4.69) is 35.6 Å². The number of benzene rings is 1. The molecule has 0 aliphatic heterocycles. The van der Waals surface area contributed by atoms with Gasteiger partial charge in [0.2, 0.25) is 5.88 Å². The molecule has 0 saturated heterocycles. The van der Waals surface area contributed by atoms with Gasteiger partial charge in [-0.1, -0.05) is 11.3 Å². The van der Waals surface area contributed by atoms with Crippen molar-refractivity contribution in [1.82, 2.24) is 30.2 Å². The van der Waals surface area contributed by atoms with Gasteiger partial charge >= 0.3 is 6.09 Å². The SMILES string of the molecule is COc1cnc2c(-c3nc4cc(F)c(OCCOC(=O)Nc5ccc(C(=O)NCC(C)(C)O)nc5)nc4s3)cc(C)cc2n1. The van der Waals surface area contributed by atoms with Crippen molar-refractivity contribution in [1.29, 1.82) is 0 Å². The van der Waals surface area contributed by atoms with Crippen LogP contribution in [0.15, 0.2) is 42.7 Å². The summed E-state index contributed by atoms with van der Waals surface area (Å²) < 4.78 is 30.5. The summed E-state index contributed by atoms with van der Waals surface area (Å²) in [7, 11) is 1.52. The van der Waals surface area contributed by atoms with Gasteiger partial charge in [-0.25, -0.2) is 29.1 Å². The highest BCUT2D eigenvalue weighted by Gasteiger charge is 2.18. The molecule has 0 atom stereocenters. The fourth-order valence-electron chi connectivity index (χ4n) is 3.97. The second kappa shape index (κ2) is 12.7. The van der Waals surface area contributed by atoms with Crippen LogP contribution in [-0.2, 0) is 4.74 Å². The number of thiazole rings is 1. The number of hydrogen-bond acceptors (Lipinski definition) is 12. The molecule has 1 aromatic carbocycles. The number of rotatable bonds is 10. The first kappa shape index (κ1) is 30.4. The van der Waals surface area contributed by atoms with Crippen molar-refractivity contribution < 1.29 is 33.3 Å². The molecule has 0 aliphatic carbocycles. The van der Waals surface area contributed by atoms with Gasteiger partial charge in [0, 0.05) is 18.2 Å². The molecular weight excluding hydrogens is 593 g/mol. The smallest absolute Gasteiger partial charge is 0.411 e. The fraction of sp³-hybridized carbons (Fsp3) is 0.276. The Bertz CT molecular complexity index is 1840. The van der Waals surface area contributed by atoms with E-state index in [1.54, 1.807) is 13.8 Å². The van der Waals surface area contributed by atoms with Gasteiger partial charge in [-0.2, -0.15) is 4.98 Å². The molecule has 3 N–H and O–H groups in total. The average molecular weight is 622 g/mol. The van der Waals surface area contributed by atoms with Crippen LogP contribution in [0, 0.1) is 12.7 Å².